The molecule has 0 unspecified atom stereocenters. The van der Waals surface area contributed by atoms with E-state index < -0.39 is 0 Å². The van der Waals surface area contributed by atoms with Crippen LogP contribution in [-0.4, -0.2) is 21.8 Å². The van der Waals surface area contributed by atoms with Crippen LogP contribution in [0.1, 0.15) is 18.1 Å². The van der Waals surface area contributed by atoms with Crippen LogP contribution in [0.2, 0.25) is 0 Å². The van der Waals surface area contributed by atoms with Crippen molar-refractivity contribution in [3.63, 3.8) is 0 Å². The van der Waals surface area contributed by atoms with Crippen molar-refractivity contribution in [1.82, 2.24) is 5.43 Å². The zero-order valence-corrected chi connectivity index (χ0v) is 13.7. The summed E-state index contributed by atoms with van der Waals surface area (Å²) in [6, 6.07) is 17.9. The predicted molar refractivity (Wildman–Crippen MR) is 97.8 cm³/mol. The van der Waals surface area contributed by atoms with Gasteiger partial charge in [0.2, 0.25) is 5.91 Å². The minimum absolute atomic E-state index is 0.0117. The van der Waals surface area contributed by atoms with Crippen LogP contribution in [0.3, 0.4) is 0 Å². The molecule has 0 atom stereocenters. The van der Waals surface area contributed by atoms with Gasteiger partial charge in [-0.2, -0.15) is 5.10 Å². The van der Waals surface area contributed by atoms with Crippen LogP contribution >= 0.6 is 0 Å². The van der Waals surface area contributed by atoms with Crippen LogP contribution in [0, 0.1) is 0 Å². The predicted octanol–water partition coefficient (Wildman–Crippen LogP) is 3.33. The average molecular weight is 334 g/mol. The van der Waals surface area contributed by atoms with Crippen molar-refractivity contribution in [3.05, 3.63) is 71.8 Å². The van der Waals surface area contributed by atoms with Crippen LogP contribution in [0.15, 0.2) is 65.8 Å². The van der Waals surface area contributed by atoms with E-state index >= 15 is 0 Å². The summed E-state index contributed by atoms with van der Waals surface area (Å²) in [4.78, 5) is 12.2. The van der Waals surface area contributed by atoms with Crippen molar-refractivity contribution in [2.45, 2.75) is 13.3 Å². The maximum atomic E-state index is 12.2. The van der Waals surface area contributed by atoms with E-state index in [1.54, 1.807) is 6.92 Å². The molecule has 126 valence electrons. The van der Waals surface area contributed by atoms with E-state index in [-0.39, 0.29) is 23.8 Å². The van der Waals surface area contributed by atoms with Crippen molar-refractivity contribution in [3.8, 4) is 11.5 Å². The fourth-order valence-corrected chi connectivity index (χ4v) is 2.68. The molecule has 0 fully saturated rings. The van der Waals surface area contributed by atoms with Gasteiger partial charge in [-0.1, -0.05) is 42.5 Å². The number of nitrogens with one attached hydrogen (secondary N) is 1. The first kappa shape index (κ1) is 16.5. The van der Waals surface area contributed by atoms with Gasteiger partial charge in [-0.3, -0.25) is 4.79 Å². The lowest BCUT2D eigenvalue weighted by molar-refractivity contribution is -0.120. The number of phenols is 2. The molecule has 0 aromatic heterocycles. The Morgan fingerprint density at radius 3 is 2.64 bits per heavy atom. The summed E-state index contributed by atoms with van der Waals surface area (Å²) in [7, 11) is 0. The molecule has 0 aliphatic carbocycles. The molecule has 0 aliphatic rings. The van der Waals surface area contributed by atoms with E-state index in [2.05, 4.69) is 10.5 Å². The van der Waals surface area contributed by atoms with Gasteiger partial charge in [0.1, 0.15) is 11.5 Å². The van der Waals surface area contributed by atoms with Gasteiger partial charge in [-0.25, -0.2) is 5.43 Å². The van der Waals surface area contributed by atoms with Crippen LogP contribution in [-0.2, 0) is 11.2 Å². The molecular formula is C20H18N2O3. The number of hydrazone groups is 1. The zero-order valence-electron chi connectivity index (χ0n) is 13.7. The van der Waals surface area contributed by atoms with Gasteiger partial charge in [-0.05, 0) is 41.5 Å². The Hall–Kier alpha value is -3.34. The Morgan fingerprint density at radius 1 is 1.04 bits per heavy atom. The van der Waals surface area contributed by atoms with Crippen molar-refractivity contribution in [2.75, 3.05) is 0 Å². The van der Waals surface area contributed by atoms with Crippen LogP contribution in [0.4, 0.5) is 0 Å². The summed E-state index contributed by atoms with van der Waals surface area (Å²) in [6.45, 7) is 1.65. The highest BCUT2D eigenvalue weighted by atomic mass is 16.3. The monoisotopic (exact) mass is 334 g/mol. The molecule has 0 spiro atoms. The third-order valence-corrected chi connectivity index (χ3v) is 3.95. The highest BCUT2D eigenvalue weighted by Crippen LogP contribution is 2.22. The number of phenolic OH excluding ortho intramolecular Hbond substituents is 2. The smallest absolute Gasteiger partial charge is 0.244 e. The molecule has 0 radical (unpaired) electrons. The van der Waals surface area contributed by atoms with Crippen LogP contribution < -0.4 is 5.43 Å². The summed E-state index contributed by atoms with van der Waals surface area (Å²) in [5, 5.41) is 25.5. The highest BCUT2D eigenvalue weighted by molar-refractivity contribution is 6.02. The molecular weight excluding hydrogens is 316 g/mol. The molecule has 3 aromatic rings. The number of rotatable bonds is 4. The standard InChI is InChI=1S/C20H18N2O3/c1-13(18-12-16(23)9-10-19(18)24)21-22-20(25)11-15-7-4-6-14-5-2-3-8-17(14)15/h2-10,12,23-24H,11H2,1H3,(H,22,25). The SMILES string of the molecule is CC(=NNC(=O)Cc1cccc2ccccc12)c1cc(O)ccc1O. The first-order valence-electron chi connectivity index (χ1n) is 7.87. The summed E-state index contributed by atoms with van der Waals surface area (Å²) >= 11 is 0. The Labute approximate surface area is 145 Å². The number of hydrogen-bond donors (Lipinski definition) is 3. The molecule has 1 amide bonds. The third-order valence-electron chi connectivity index (χ3n) is 3.95. The van der Waals surface area contributed by atoms with Gasteiger partial charge < -0.3 is 10.2 Å². The number of benzene rings is 3. The quantitative estimate of drug-likeness (QED) is 0.389. The summed E-state index contributed by atoms with van der Waals surface area (Å²) < 4.78 is 0. The fraction of sp³-hybridized carbons (Fsp3) is 0.100. The summed E-state index contributed by atoms with van der Waals surface area (Å²) in [5.41, 5.74) is 4.19. The molecule has 0 saturated carbocycles. The van der Waals surface area contributed by atoms with E-state index in [1.165, 1.54) is 18.2 Å². The van der Waals surface area contributed by atoms with Gasteiger partial charge in [0.25, 0.3) is 0 Å². The molecule has 3 rings (SSSR count). The molecule has 5 heteroatoms. The number of carbonyl (C=O) groups is 1. The second-order valence-electron chi connectivity index (χ2n) is 5.75. The lowest BCUT2D eigenvalue weighted by atomic mass is 10.0. The normalized spacial score (nSPS) is 11.5. The maximum Gasteiger partial charge on any atom is 0.244 e. The molecule has 5 nitrogen and oxygen atoms in total. The van der Waals surface area contributed by atoms with Crippen molar-refractivity contribution >= 4 is 22.4 Å². The molecule has 3 aromatic carbocycles. The third kappa shape index (κ3) is 3.77. The van der Waals surface area contributed by atoms with Gasteiger partial charge in [0, 0.05) is 5.56 Å². The largest absolute Gasteiger partial charge is 0.508 e. The molecule has 0 saturated heterocycles. The maximum absolute atomic E-state index is 12.2. The Kier molecular flexibility index (Phi) is 4.66. The van der Waals surface area contributed by atoms with E-state index in [0.717, 1.165) is 16.3 Å². The van der Waals surface area contributed by atoms with Crippen molar-refractivity contribution in [1.29, 1.82) is 0 Å². The molecule has 25 heavy (non-hydrogen) atoms. The number of amides is 1. The molecule has 0 heterocycles. The van der Waals surface area contributed by atoms with Gasteiger partial charge >= 0.3 is 0 Å². The Bertz CT molecular complexity index is 959. The molecule has 3 N–H and O–H groups in total. The topological polar surface area (TPSA) is 81.9 Å². The molecule has 0 bridgehead atoms. The second kappa shape index (κ2) is 7.05. The number of nitrogens with zero attached hydrogens (tertiary/aromatic N) is 1. The lowest BCUT2D eigenvalue weighted by Gasteiger charge is -2.07. The number of fused-ring (bicyclic) bond motifs is 1. The Morgan fingerprint density at radius 2 is 1.80 bits per heavy atom. The minimum Gasteiger partial charge on any atom is -0.508 e. The van der Waals surface area contributed by atoms with Gasteiger partial charge in [0.05, 0.1) is 12.1 Å². The van der Waals surface area contributed by atoms with Crippen LogP contribution in [0.5, 0.6) is 11.5 Å². The highest BCUT2D eigenvalue weighted by Gasteiger charge is 2.09. The van der Waals surface area contributed by atoms with E-state index in [9.17, 15) is 15.0 Å². The first-order valence-corrected chi connectivity index (χ1v) is 7.87. The van der Waals surface area contributed by atoms with E-state index in [1.807, 2.05) is 42.5 Å². The van der Waals surface area contributed by atoms with Gasteiger partial charge in [-0.15, -0.1) is 0 Å². The second-order valence-corrected chi connectivity index (χ2v) is 5.75. The zero-order chi connectivity index (χ0) is 17.8. The lowest BCUT2D eigenvalue weighted by Crippen LogP contribution is -2.21. The van der Waals surface area contributed by atoms with E-state index in [4.69, 9.17) is 0 Å². The fourth-order valence-electron chi connectivity index (χ4n) is 2.68. The summed E-state index contributed by atoms with van der Waals surface area (Å²) in [6.07, 6.45) is 0.199. The van der Waals surface area contributed by atoms with Crippen molar-refractivity contribution in [2.24, 2.45) is 5.10 Å². The Balaban J connectivity index is 1.75. The average Bonchev–Trinajstić information content (AvgIpc) is 2.62. The summed E-state index contributed by atoms with van der Waals surface area (Å²) in [5.74, 6) is -0.248. The number of hydrogen-bond acceptors (Lipinski definition) is 4. The van der Waals surface area contributed by atoms with E-state index in [0.29, 0.717) is 11.3 Å². The van der Waals surface area contributed by atoms with Gasteiger partial charge in [0.15, 0.2) is 0 Å². The van der Waals surface area contributed by atoms with Crippen molar-refractivity contribution < 1.29 is 15.0 Å². The number of aromatic hydroxyl groups is 2. The minimum atomic E-state index is -0.254. The van der Waals surface area contributed by atoms with Crippen LogP contribution in [0.25, 0.3) is 10.8 Å². The molecule has 0 aliphatic heterocycles. The number of carbonyl (C=O) groups excluding carboxylic acids is 1. The first-order chi connectivity index (χ1) is 12.0.